The number of amides is 1. The Morgan fingerprint density at radius 2 is 1.73 bits per heavy atom. The fourth-order valence-electron chi connectivity index (χ4n) is 5.28. The van der Waals surface area contributed by atoms with Crippen LogP contribution in [0.5, 0.6) is 5.75 Å². The van der Waals surface area contributed by atoms with E-state index in [0.29, 0.717) is 17.9 Å². The molecule has 4 aromatic rings. The summed E-state index contributed by atoms with van der Waals surface area (Å²) in [6.07, 6.45) is 1.92. The molecule has 2 N–H and O–H groups in total. The van der Waals surface area contributed by atoms with Crippen molar-refractivity contribution in [3.63, 3.8) is 0 Å². The fraction of sp³-hybridized carbons (Fsp3) is 0.400. The number of anilines is 1. The molecule has 40 heavy (non-hydrogen) atoms. The number of carbonyl (C=O) groups excluding carboxylic acids is 1. The number of hydrogen-bond acceptors (Lipinski definition) is 8. The number of hydrogen-bond donors (Lipinski definition) is 2. The zero-order chi connectivity index (χ0) is 27.9. The first-order chi connectivity index (χ1) is 19.6. The van der Waals surface area contributed by atoms with Gasteiger partial charge in [-0.05, 0) is 66.6 Å². The van der Waals surface area contributed by atoms with E-state index in [4.69, 9.17) is 4.74 Å². The molecule has 212 valence electrons. The summed E-state index contributed by atoms with van der Waals surface area (Å²) in [5.74, 6) is 0.590. The molecule has 1 amide bonds. The van der Waals surface area contributed by atoms with E-state index in [1.54, 1.807) is 23.5 Å². The van der Waals surface area contributed by atoms with E-state index in [9.17, 15) is 19.8 Å². The average molecular weight is 565 g/mol. The Hall–Kier alpha value is -3.44. The van der Waals surface area contributed by atoms with Crippen LogP contribution in [-0.4, -0.2) is 96.2 Å². The molecule has 3 heterocycles. The van der Waals surface area contributed by atoms with Gasteiger partial charge >= 0.3 is 6.03 Å². The van der Waals surface area contributed by atoms with Crippen LogP contribution in [0.3, 0.4) is 0 Å². The fourth-order valence-corrected chi connectivity index (χ4v) is 6.09. The van der Waals surface area contributed by atoms with Gasteiger partial charge in [-0.3, -0.25) is 9.69 Å². The van der Waals surface area contributed by atoms with E-state index >= 15 is 0 Å². The predicted molar refractivity (Wildman–Crippen MR) is 160 cm³/mol. The van der Waals surface area contributed by atoms with Crippen molar-refractivity contribution in [1.29, 1.82) is 0 Å². The lowest BCUT2D eigenvalue weighted by Crippen LogP contribution is -2.46. The molecule has 1 aliphatic rings. The molecule has 0 unspecified atom stereocenters. The Balaban J connectivity index is 1.12. The molecule has 0 radical (unpaired) electrons. The third kappa shape index (κ3) is 6.31. The van der Waals surface area contributed by atoms with Crippen LogP contribution in [0, 0.1) is 0 Å². The maximum Gasteiger partial charge on any atom is 0.331 e. The number of aliphatic hydroxyl groups excluding tert-OH is 2. The van der Waals surface area contributed by atoms with Gasteiger partial charge in [-0.15, -0.1) is 11.3 Å². The van der Waals surface area contributed by atoms with Crippen LogP contribution in [0.4, 0.5) is 10.5 Å². The predicted octanol–water partition coefficient (Wildman–Crippen LogP) is 3.45. The summed E-state index contributed by atoms with van der Waals surface area (Å²) in [4.78, 5) is 32.0. The Bertz CT molecular complexity index is 1490. The van der Waals surface area contributed by atoms with Crippen LogP contribution in [0.2, 0.25) is 0 Å². The van der Waals surface area contributed by atoms with Gasteiger partial charge in [0.1, 0.15) is 5.75 Å². The first-order valence-corrected chi connectivity index (χ1v) is 14.7. The Morgan fingerprint density at radius 3 is 2.50 bits per heavy atom. The minimum Gasteiger partial charge on any atom is -0.494 e. The number of pyridine rings is 1. The number of aromatic nitrogens is 1. The number of aliphatic hydroxyl groups is 2. The minimum absolute atomic E-state index is 0.0260. The van der Waals surface area contributed by atoms with E-state index in [1.807, 2.05) is 12.1 Å². The van der Waals surface area contributed by atoms with Crippen molar-refractivity contribution in [2.75, 3.05) is 70.5 Å². The van der Waals surface area contributed by atoms with Gasteiger partial charge in [0.25, 0.3) is 5.56 Å². The highest BCUT2D eigenvalue weighted by atomic mass is 32.1. The number of piperazine rings is 1. The van der Waals surface area contributed by atoms with Crippen molar-refractivity contribution < 1.29 is 19.7 Å². The molecule has 2 aromatic heterocycles. The Morgan fingerprint density at radius 1 is 0.950 bits per heavy atom. The number of ether oxygens (including phenoxy) is 1. The number of carbonyl (C=O) groups is 1. The number of benzene rings is 2. The molecule has 0 spiro atoms. The molecule has 5 rings (SSSR count). The monoisotopic (exact) mass is 564 g/mol. The Labute approximate surface area is 237 Å². The summed E-state index contributed by atoms with van der Waals surface area (Å²) in [6, 6.07) is 16.6. The van der Waals surface area contributed by atoms with Gasteiger partial charge in [0.05, 0.1) is 25.3 Å². The van der Waals surface area contributed by atoms with Crippen molar-refractivity contribution in [2.24, 2.45) is 0 Å². The molecule has 2 aromatic carbocycles. The average Bonchev–Trinajstić information content (AvgIpc) is 3.46. The highest BCUT2D eigenvalue weighted by Crippen LogP contribution is 2.31. The standard InChI is InChI=1S/C30H36N4O5S/c35-18-16-33(17-19-36)30(38)34-27-22-24(8-6-23(27)7-9-29(34)37)39-20-2-1-11-31-12-14-32(15-13-31)26-4-3-5-28-25(26)10-21-40-28/h3-10,21-22,35-36H,1-2,11-20H2. The smallest absolute Gasteiger partial charge is 0.331 e. The molecule has 0 bridgehead atoms. The molecule has 9 nitrogen and oxygen atoms in total. The van der Waals surface area contributed by atoms with Crippen LogP contribution < -0.4 is 15.2 Å². The summed E-state index contributed by atoms with van der Waals surface area (Å²) in [7, 11) is 0. The highest BCUT2D eigenvalue weighted by Gasteiger charge is 2.20. The van der Waals surface area contributed by atoms with Gasteiger partial charge in [0, 0.05) is 67.2 Å². The van der Waals surface area contributed by atoms with Crippen LogP contribution >= 0.6 is 11.3 Å². The summed E-state index contributed by atoms with van der Waals surface area (Å²) in [5, 5.41) is 22.9. The van der Waals surface area contributed by atoms with Crippen LogP contribution in [-0.2, 0) is 0 Å². The van der Waals surface area contributed by atoms with E-state index in [2.05, 4.69) is 39.4 Å². The van der Waals surface area contributed by atoms with Gasteiger partial charge in [-0.25, -0.2) is 9.36 Å². The first kappa shape index (κ1) is 28.1. The van der Waals surface area contributed by atoms with Crippen molar-refractivity contribution in [3.8, 4) is 5.75 Å². The number of nitrogens with zero attached hydrogens (tertiary/aromatic N) is 4. The third-order valence-electron chi connectivity index (χ3n) is 7.39. The second-order valence-corrected chi connectivity index (χ2v) is 10.9. The second kappa shape index (κ2) is 13.3. The lowest BCUT2D eigenvalue weighted by molar-refractivity contribution is 0.159. The number of unbranched alkanes of at least 4 members (excludes halogenated alkanes) is 1. The summed E-state index contributed by atoms with van der Waals surface area (Å²) in [5.41, 5.74) is 1.30. The topological polar surface area (TPSA) is 98.5 Å². The van der Waals surface area contributed by atoms with Crippen molar-refractivity contribution in [3.05, 3.63) is 70.3 Å². The van der Waals surface area contributed by atoms with Crippen LogP contribution in [0.15, 0.2) is 64.8 Å². The van der Waals surface area contributed by atoms with E-state index in [0.717, 1.165) is 55.5 Å². The lowest BCUT2D eigenvalue weighted by Gasteiger charge is -2.36. The van der Waals surface area contributed by atoms with Gasteiger partial charge in [-0.2, -0.15) is 0 Å². The highest BCUT2D eigenvalue weighted by molar-refractivity contribution is 7.17. The molecular formula is C30H36N4O5S. The third-order valence-corrected chi connectivity index (χ3v) is 8.28. The van der Waals surface area contributed by atoms with Gasteiger partial charge in [0.2, 0.25) is 0 Å². The zero-order valence-corrected chi connectivity index (χ0v) is 23.4. The van der Waals surface area contributed by atoms with Crippen molar-refractivity contribution in [1.82, 2.24) is 14.4 Å². The first-order valence-electron chi connectivity index (χ1n) is 13.8. The van der Waals surface area contributed by atoms with Gasteiger partial charge in [-0.1, -0.05) is 6.07 Å². The van der Waals surface area contributed by atoms with Crippen LogP contribution in [0.1, 0.15) is 12.8 Å². The zero-order valence-electron chi connectivity index (χ0n) is 22.6. The molecule has 0 atom stereocenters. The minimum atomic E-state index is -0.581. The van der Waals surface area contributed by atoms with E-state index in [-0.39, 0.29) is 26.3 Å². The molecule has 10 heteroatoms. The molecule has 1 fully saturated rings. The molecule has 1 aliphatic heterocycles. The summed E-state index contributed by atoms with van der Waals surface area (Å²) < 4.78 is 8.41. The number of rotatable bonds is 11. The largest absolute Gasteiger partial charge is 0.494 e. The van der Waals surface area contributed by atoms with Crippen molar-refractivity contribution in [2.45, 2.75) is 12.8 Å². The van der Waals surface area contributed by atoms with Gasteiger partial charge in [0.15, 0.2) is 0 Å². The quantitative estimate of drug-likeness (QED) is 0.269. The second-order valence-electron chi connectivity index (χ2n) is 9.94. The van der Waals surface area contributed by atoms with E-state index in [1.165, 1.54) is 26.7 Å². The lowest BCUT2D eigenvalue weighted by atomic mass is 10.2. The SMILES string of the molecule is O=C(N(CCO)CCO)n1c(=O)ccc2ccc(OCCCCN3CCN(c4cccc5sccc45)CC3)cc21. The molecule has 0 saturated carbocycles. The van der Waals surface area contributed by atoms with E-state index < -0.39 is 11.6 Å². The number of fused-ring (bicyclic) bond motifs is 2. The summed E-state index contributed by atoms with van der Waals surface area (Å²) >= 11 is 1.79. The number of thiophene rings is 1. The maximum atomic E-state index is 13.1. The normalized spacial score (nSPS) is 14.2. The van der Waals surface area contributed by atoms with Gasteiger partial charge < -0.3 is 24.7 Å². The maximum absolute atomic E-state index is 13.1. The summed E-state index contributed by atoms with van der Waals surface area (Å²) in [6.45, 7) is 5.23. The molecule has 0 aliphatic carbocycles. The van der Waals surface area contributed by atoms with Crippen LogP contribution in [0.25, 0.3) is 21.0 Å². The Kier molecular flexibility index (Phi) is 9.33. The van der Waals surface area contributed by atoms with Crippen molar-refractivity contribution >= 4 is 44.0 Å². The molecule has 1 saturated heterocycles. The molecular weight excluding hydrogens is 528 g/mol.